The Balaban J connectivity index is 2.97. The first-order valence-electron chi connectivity index (χ1n) is 2.72. The molecule has 0 aromatic rings. The van der Waals surface area contributed by atoms with Crippen molar-refractivity contribution in [3.05, 3.63) is 0 Å². The molecule has 0 fully saturated rings. The summed E-state index contributed by atoms with van der Waals surface area (Å²) in [5, 5.41) is 0. The number of rotatable bonds is 4. The molecule has 4 nitrogen and oxygen atoms in total. The third kappa shape index (κ3) is 5.26. The van der Waals surface area contributed by atoms with Crippen LogP contribution in [0.15, 0.2) is 0 Å². The van der Waals surface area contributed by atoms with E-state index in [-0.39, 0.29) is 12.5 Å². The van der Waals surface area contributed by atoms with Crippen LogP contribution in [0.1, 0.15) is 6.92 Å². The minimum absolute atomic E-state index is 0.102. The zero-order valence-electron chi connectivity index (χ0n) is 5.64. The summed E-state index contributed by atoms with van der Waals surface area (Å²) in [7, 11) is 1.33. The lowest BCUT2D eigenvalue weighted by Crippen LogP contribution is -2.23. The van der Waals surface area contributed by atoms with Gasteiger partial charge in [0.25, 0.3) is 0 Å². The van der Waals surface area contributed by atoms with Crippen LogP contribution in [0.5, 0.6) is 0 Å². The lowest BCUT2D eigenvalue weighted by atomic mass is 10.7. The molecular formula is C5H11NO3. The second-order valence-electron chi connectivity index (χ2n) is 1.33. The monoisotopic (exact) mass is 133 g/mol. The number of ether oxygens (including phenoxy) is 1. The first kappa shape index (κ1) is 8.39. The number of hydroxylamine groups is 1. The Morgan fingerprint density at radius 3 is 2.78 bits per heavy atom. The molecule has 0 heterocycles. The van der Waals surface area contributed by atoms with Gasteiger partial charge in [-0.3, -0.25) is 4.79 Å². The molecule has 9 heavy (non-hydrogen) atoms. The first-order chi connectivity index (χ1) is 4.31. The van der Waals surface area contributed by atoms with Gasteiger partial charge in [0, 0.05) is 0 Å². The lowest BCUT2D eigenvalue weighted by molar-refractivity contribution is -0.142. The van der Waals surface area contributed by atoms with E-state index >= 15 is 0 Å². The molecule has 0 spiro atoms. The molecule has 0 aromatic carbocycles. The van der Waals surface area contributed by atoms with Gasteiger partial charge in [-0.05, 0) is 6.92 Å². The maximum Gasteiger partial charge on any atom is 0.322 e. The van der Waals surface area contributed by atoms with Crippen LogP contribution >= 0.6 is 0 Å². The van der Waals surface area contributed by atoms with Gasteiger partial charge in [0.1, 0.15) is 6.54 Å². The van der Waals surface area contributed by atoms with Crippen LogP contribution in [-0.4, -0.2) is 26.2 Å². The smallest absolute Gasteiger partial charge is 0.322 e. The van der Waals surface area contributed by atoms with E-state index in [2.05, 4.69) is 15.1 Å². The molecule has 0 bridgehead atoms. The summed E-state index contributed by atoms with van der Waals surface area (Å²) >= 11 is 0. The minimum atomic E-state index is -0.330. The van der Waals surface area contributed by atoms with Crippen molar-refractivity contribution in [2.75, 3.05) is 20.3 Å². The fraction of sp³-hybridized carbons (Fsp3) is 0.800. The summed E-state index contributed by atoms with van der Waals surface area (Å²) < 4.78 is 4.32. The third-order valence-electron chi connectivity index (χ3n) is 0.691. The van der Waals surface area contributed by atoms with Gasteiger partial charge >= 0.3 is 5.97 Å². The Morgan fingerprint density at radius 1 is 1.67 bits per heavy atom. The molecule has 0 unspecified atom stereocenters. The van der Waals surface area contributed by atoms with Gasteiger partial charge < -0.3 is 9.57 Å². The van der Waals surface area contributed by atoms with Crippen molar-refractivity contribution in [1.82, 2.24) is 5.48 Å². The van der Waals surface area contributed by atoms with Crippen molar-refractivity contribution in [2.45, 2.75) is 6.92 Å². The van der Waals surface area contributed by atoms with E-state index in [1.54, 1.807) is 0 Å². The van der Waals surface area contributed by atoms with Crippen molar-refractivity contribution in [1.29, 1.82) is 0 Å². The molecule has 0 saturated carbocycles. The zero-order valence-corrected chi connectivity index (χ0v) is 5.64. The average molecular weight is 133 g/mol. The standard InChI is InChI=1S/C5H11NO3/c1-3-9-6-4-5(7)8-2/h6H,3-4H2,1-2H3. The second kappa shape index (κ2) is 5.53. The molecule has 0 rings (SSSR count). The van der Waals surface area contributed by atoms with E-state index in [0.29, 0.717) is 6.61 Å². The number of carbonyl (C=O) groups is 1. The molecule has 54 valence electrons. The van der Waals surface area contributed by atoms with Gasteiger partial charge in [-0.2, -0.15) is 5.48 Å². The topological polar surface area (TPSA) is 47.6 Å². The van der Waals surface area contributed by atoms with Gasteiger partial charge in [-0.25, -0.2) is 0 Å². The predicted octanol–water partition coefficient (Wildman–Crippen LogP) is -0.300. The molecule has 0 aliphatic carbocycles. The Morgan fingerprint density at radius 2 is 2.33 bits per heavy atom. The predicted molar refractivity (Wildman–Crippen MR) is 31.6 cm³/mol. The van der Waals surface area contributed by atoms with Gasteiger partial charge in [0.2, 0.25) is 0 Å². The number of methoxy groups -OCH3 is 1. The third-order valence-corrected chi connectivity index (χ3v) is 0.691. The first-order valence-corrected chi connectivity index (χ1v) is 2.72. The molecule has 0 aromatic heterocycles. The maximum absolute atomic E-state index is 10.3. The number of hydrogen-bond donors (Lipinski definition) is 1. The molecule has 0 aliphatic heterocycles. The van der Waals surface area contributed by atoms with Crippen LogP contribution in [0.25, 0.3) is 0 Å². The highest BCUT2D eigenvalue weighted by molar-refractivity contribution is 5.71. The summed E-state index contributed by atoms with van der Waals surface area (Å²) in [5.74, 6) is -0.330. The number of esters is 1. The fourth-order valence-electron chi connectivity index (χ4n) is 0.284. The number of nitrogens with one attached hydrogen (secondary N) is 1. The van der Waals surface area contributed by atoms with Crippen molar-refractivity contribution in [2.24, 2.45) is 0 Å². The summed E-state index contributed by atoms with van der Waals surface area (Å²) in [6.45, 7) is 2.46. The Hall–Kier alpha value is -0.610. The minimum Gasteiger partial charge on any atom is -0.468 e. The molecule has 1 N–H and O–H groups in total. The van der Waals surface area contributed by atoms with Crippen LogP contribution < -0.4 is 5.48 Å². The van der Waals surface area contributed by atoms with Gasteiger partial charge in [-0.1, -0.05) is 0 Å². The highest BCUT2D eigenvalue weighted by Gasteiger charge is 1.95. The summed E-state index contributed by atoms with van der Waals surface area (Å²) in [6, 6.07) is 0. The summed E-state index contributed by atoms with van der Waals surface area (Å²) in [6.07, 6.45) is 0. The van der Waals surface area contributed by atoms with Crippen molar-refractivity contribution >= 4 is 5.97 Å². The van der Waals surface area contributed by atoms with Crippen molar-refractivity contribution in [3.63, 3.8) is 0 Å². The second-order valence-corrected chi connectivity index (χ2v) is 1.33. The van der Waals surface area contributed by atoms with Crippen LogP contribution in [-0.2, 0) is 14.4 Å². The van der Waals surface area contributed by atoms with Gasteiger partial charge in [-0.15, -0.1) is 0 Å². The fourth-order valence-corrected chi connectivity index (χ4v) is 0.284. The van der Waals surface area contributed by atoms with E-state index < -0.39 is 0 Å². The molecule has 0 amide bonds. The van der Waals surface area contributed by atoms with E-state index in [0.717, 1.165) is 0 Å². The molecular weight excluding hydrogens is 122 g/mol. The molecule has 0 saturated heterocycles. The molecule has 0 atom stereocenters. The Labute approximate surface area is 54.1 Å². The zero-order chi connectivity index (χ0) is 7.11. The van der Waals surface area contributed by atoms with Crippen LogP contribution in [0.3, 0.4) is 0 Å². The molecule has 0 radical (unpaired) electrons. The maximum atomic E-state index is 10.3. The molecule has 4 heteroatoms. The SMILES string of the molecule is CCONCC(=O)OC. The van der Waals surface area contributed by atoms with Crippen LogP contribution in [0.4, 0.5) is 0 Å². The summed E-state index contributed by atoms with van der Waals surface area (Å²) in [4.78, 5) is 15.0. The van der Waals surface area contributed by atoms with E-state index in [9.17, 15) is 4.79 Å². The normalized spacial score (nSPS) is 9.11. The highest BCUT2D eigenvalue weighted by atomic mass is 16.6. The average Bonchev–Trinajstić information content (AvgIpc) is 1.89. The van der Waals surface area contributed by atoms with Gasteiger partial charge in [0.05, 0.1) is 13.7 Å². The number of carbonyl (C=O) groups excluding carboxylic acids is 1. The van der Waals surface area contributed by atoms with Gasteiger partial charge in [0.15, 0.2) is 0 Å². The highest BCUT2D eigenvalue weighted by Crippen LogP contribution is 1.69. The summed E-state index contributed by atoms with van der Waals surface area (Å²) in [5.41, 5.74) is 2.41. The van der Waals surface area contributed by atoms with Crippen LogP contribution in [0, 0.1) is 0 Å². The van der Waals surface area contributed by atoms with E-state index in [1.165, 1.54) is 7.11 Å². The Bertz CT molecular complexity index is 84.3. The van der Waals surface area contributed by atoms with Crippen LogP contribution in [0.2, 0.25) is 0 Å². The van der Waals surface area contributed by atoms with Crippen molar-refractivity contribution < 1.29 is 14.4 Å². The largest absolute Gasteiger partial charge is 0.468 e. The van der Waals surface area contributed by atoms with E-state index in [4.69, 9.17) is 0 Å². The quantitative estimate of drug-likeness (QED) is 0.325. The lowest BCUT2D eigenvalue weighted by Gasteiger charge is -1.99. The van der Waals surface area contributed by atoms with Crippen molar-refractivity contribution in [3.8, 4) is 0 Å². The number of hydrogen-bond acceptors (Lipinski definition) is 4. The Kier molecular flexibility index (Phi) is 5.15. The molecule has 0 aliphatic rings. The van der Waals surface area contributed by atoms with E-state index in [1.807, 2.05) is 6.92 Å².